The summed E-state index contributed by atoms with van der Waals surface area (Å²) in [7, 11) is 0. The standard InChI is InChI=1S/C18H16N2O6/c1-11-3-2-4-14(7-11)26-10-13(21)9-19-17(22)15-6-5-12(20(24)25)8-16(15)18(19)23/h2-8,13,21H,9-10H2,1H3/t13-/m1/s1. The van der Waals surface area contributed by atoms with Crippen molar-refractivity contribution < 1.29 is 24.4 Å². The number of carbonyl (C=O) groups excluding carboxylic acids is 2. The van der Waals surface area contributed by atoms with E-state index >= 15 is 0 Å². The van der Waals surface area contributed by atoms with E-state index in [0.29, 0.717) is 5.75 Å². The number of aryl methyl sites for hydroxylation is 1. The van der Waals surface area contributed by atoms with Crippen molar-refractivity contribution in [2.45, 2.75) is 13.0 Å². The van der Waals surface area contributed by atoms with Gasteiger partial charge >= 0.3 is 0 Å². The van der Waals surface area contributed by atoms with E-state index < -0.39 is 22.8 Å². The van der Waals surface area contributed by atoms with E-state index in [1.807, 2.05) is 19.1 Å². The van der Waals surface area contributed by atoms with Crippen LogP contribution in [0.4, 0.5) is 5.69 Å². The van der Waals surface area contributed by atoms with Gasteiger partial charge in [0.1, 0.15) is 18.5 Å². The summed E-state index contributed by atoms with van der Waals surface area (Å²) < 4.78 is 5.47. The highest BCUT2D eigenvalue weighted by Gasteiger charge is 2.37. The van der Waals surface area contributed by atoms with Gasteiger partial charge < -0.3 is 9.84 Å². The van der Waals surface area contributed by atoms with E-state index in [-0.39, 0.29) is 30.0 Å². The Balaban J connectivity index is 1.67. The summed E-state index contributed by atoms with van der Waals surface area (Å²) in [5, 5.41) is 20.9. The van der Waals surface area contributed by atoms with E-state index in [1.54, 1.807) is 12.1 Å². The maximum Gasteiger partial charge on any atom is 0.270 e. The lowest BCUT2D eigenvalue weighted by Crippen LogP contribution is -2.39. The lowest BCUT2D eigenvalue weighted by molar-refractivity contribution is -0.384. The zero-order valence-corrected chi connectivity index (χ0v) is 13.9. The minimum atomic E-state index is -1.09. The monoisotopic (exact) mass is 356 g/mol. The molecule has 2 amide bonds. The van der Waals surface area contributed by atoms with Crippen molar-refractivity contribution in [2.24, 2.45) is 0 Å². The normalized spacial score (nSPS) is 14.3. The average Bonchev–Trinajstić information content (AvgIpc) is 2.84. The van der Waals surface area contributed by atoms with Gasteiger partial charge in [-0.15, -0.1) is 0 Å². The second-order valence-corrected chi connectivity index (χ2v) is 5.99. The third-order valence-electron chi connectivity index (χ3n) is 3.99. The molecule has 1 heterocycles. The van der Waals surface area contributed by atoms with E-state index in [0.717, 1.165) is 16.5 Å². The van der Waals surface area contributed by atoms with Gasteiger partial charge in [-0.05, 0) is 30.7 Å². The Morgan fingerprint density at radius 3 is 2.58 bits per heavy atom. The molecule has 0 saturated carbocycles. The molecule has 2 aromatic carbocycles. The van der Waals surface area contributed by atoms with Crippen LogP contribution in [0.5, 0.6) is 5.75 Å². The fourth-order valence-electron chi connectivity index (χ4n) is 2.72. The van der Waals surface area contributed by atoms with Crippen molar-refractivity contribution >= 4 is 17.5 Å². The Bertz CT molecular complexity index is 895. The lowest BCUT2D eigenvalue weighted by atomic mass is 10.1. The zero-order valence-electron chi connectivity index (χ0n) is 13.9. The van der Waals surface area contributed by atoms with Crippen molar-refractivity contribution in [3.63, 3.8) is 0 Å². The summed E-state index contributed by atoms with van der Waals surface area (Å²) in [4.78, 5) is 35.8. The Hall–Kier alpha value is -3.26. The van der Waals surface area contributed by atoms with Crippen molar-refractivity contribution in [3.05, 3.63) is 69.3 Å². The summed E-state index contributed by atoms with van der Waals surface area (Å²) in [6, 6.07) is 10.8. The van der Waals surface area contributed by atoms with Crippen LogP contribution in [0.3, 0.4) is 0 Å². The molecule has 3 rings (SSSR count). The molecule has 26 heavy (non-hydrogen) atoms. The number of non-ortho nitro benzene ring substituents is 1. The molecule has 0 unspecified atom stereocenters. The Labute approximate surface area is 148 Å². The van der Waals surface area contributed by atoms with Gasteiger partial charge in [0.05, 0.1) is 22.6 Å². The van der Waals surface area contributed by atoms with E-state index in [1.165, 1.54) is 12.1 Å². The third kappa shape index (κ3) is 3.40. The number of hydrogen-bond donors (Lipinski definition) is 1. The molecule has 8 heteroatoms. The fourth-order valence-corrected chi connectivity index (χ4v) is 2.72. The summed E-state index contributed by atoms with van der Waals surface area (Å²) in [5.74, 6) is -0.681. The Morgan fingerprint density at radius 2 is 1.88 bits per heavy atom. The predicted octanol–water partition coefficient (Wildman–Crippen LogP) is 1.94. The number of nitrogens with zero attached hydrogens (tertiary/aromatic N) is 2. The van der Waals surface area contributed by atoms with Crippen LogP contribution in [0.2, 0.25) is 0 Å². The first-order chi connectivity index (χ1) is 12.4. The number of ether oxygens (including phenoxy) is 1. The first-order valence-electron chi connectivity index (χ1n) is 7.89. The molecule has 1 atom stereocenters. The largest absolute Gasteiger partial charge is 0.491 e. The van der Waals surface area contributed by atoms with Gasteiger partial charge in [-0.25, -0.2) is 0 Å². The van der Waals surface area contributed by atoms with Crippen molar-refractivity contribution in [1.29, 1.82) is 0 Å². The first kappa shape index (κ1) is 17.6. The number of hydrogen-bond acceptors (Lipinski definition) is 6. The van der Waals surface area contributed by atoms with Crippen LogP contribution < -0.4 is 4.74 Å². The van der Waals surface area contributed by atoms with Gasteiger partial charge in [0.25, 0.3) is 17.5 Å². The van der Waals surface area contributed by atoms with Crippen LogP contribution in [0.25, 0.3) is 0 Å². The Kier molecular flexibility index (Phi) is 4.68. The number of aliphatic hydroxyl groups excluding tert-OH is 1. The summed E-state index contributed by atoms with van der Waals surface area (Å²) >= 11 is 0. The smallest absolute Gasteiger partial charge is 0.270 e. The average molecular weight is 356 g/mol. The molecule has 8 nitrogen and oxygen atoms in total. The van der Waals surface area contributed by atoms with Crippen LogP contribution in [-0.2, 0) is 0 Å². The zero-order chi connectivity index (χ0) is 18.8. The van der Waals surface area contributed by atoms with Crippen molar-refractivity contribution in [2.75, 3.05) is 13.2 Å². The summed E-state index contributed by atoms with van der Waals surface area (Å²) in [6.45, 7) is 1.55. The third-order valence-corrected chi connectivity index (χ3v) is 3.99. The molecule has 0 fully saturated rings. The maximum atomic E-state index is 12.4. The number of benzene rings is 2. The van der Waals surface area contributed by atoms with Crippen LogP contribution in [0.1, 0.15) is 26.3 Å². The highest BCUT2D eigenvalue weighted by Crippen LogP contribution is 2.27. The first-order valence-corrected chi connectivity index (χ1v) is 7.89. The van der Waals surface area contributed by atoms with Gasteiger partial charge in [0, 0.05) is 12.1 Å². The van der Waals surface area contributed by atoms with Crippen LogP contribution in [-0.4, -0.2) is 46.0 Å². The molecule has 2 aromatic rings. The van der Waals surface area contributed by atoms with Gasteiger partial charge in [-0.1, -0.05) is 12.1 Å². The highest BCUT2D eigenvalue weighted by atomic mass is 16.6. The highest BCUT2D eigenvalue weighted by molar-refractivity contribution is 6.21. The Morgan fingerprint density at radius 1 is 1.15 bits per heavy atom. The van der Waals surface area contributed by atoms with Crippen molar-refractivity contribution in [1.82, 2.24) is 4.90 Å². The van der Waals surface area contributed by atoms with E-state index in [2.05, 4.69) is 0 Å². The quantitative estimate of drug-likeness (QED) is 0.481. The lowest BCUT2D eigenvalue weighted by Gasteiger charge is -2.19. The van der Waals surface area contributed by atoms with Crippen LogP contribution in [0, 0.1) is 17.0 Å². The number of carbonyl (C=O) groups is 2. The maximum absolute atomic E-state index is 12.4. The molecule has 1 aliphatic heterocycles. The van der Waals surface area contributed by atoms with Gasteiger partial charge in [-0.3, -0.25) is 24.6 Å². The second-order valence-electron chi connectivity index (χ2n) is 5.99. The van der Waals surface area contributed by atoms with E-state index in [4.69, 9.17) is 4.74 Å². The predicted molar refractivity (Wildman–Crippen MR) is 91.1 cm³/mol. The topological polar surface area (TPSA) is 110 Å². The minimum absolute atomic E-state index is 0.0315. The van der Waals surface area contributed by atoms with Crippen molar-refractivity contribution in [3.8, 4) is 5.75 Å². The molecule has 1 aliphatic rings. The summed E-state index contributed by atoms with van der Waals surface area (Å²) in [6.07, 6.45) is -1.09. The summed E-state index contributed by atoms with van der Waals surface area (Å²) in [5.41, 5.74) is 0.789. The number of β-amino-alcohol motifs (C(OH)–C–C–N with tert-alkyl or cyclic N) is 1. The molecule has 0 saturated heterocycles. The number of amides is 2. The number of aliphatic hydroxyl groups is 1. The van der Waals surface area contributed by atoms with Gasteiger partial charge in [0.15, 0.2) is 0 Å². The van der Waals surface area contributed by atoms with E-state index in [9.17, 15) is 24.8 Å². The SMILES string of the molecule is Cc1cccc(OC[C@H](O)CN2C(=O)c3ccc([N+](=O)[O-])cc3C2=O)c1. The minimum Gasteiger partial charge on any atom is -0.491 e. The van der Waals surface area contributed by atoms with Gasteiger partial charge in [0.2, 0.25) is 0 Å². The number of nitro groups is 1. The molecule has 0 spiro atoms. The number of rotatable bonds is 6. The molecule has 0 aliphatic carbocycles. The van der Waals surface area contributed by atoms with Crippen LogP contribution in [0.15, 0.2) is 42.5 Å². The fraction of sp³-hybridized carbons (Fsp3) is 0.222. The number of fused-ring (bicyclic) bond motifs is 1. The molecule has 0 bridgehead atoms. The van der Waals surface area contributed by atoms with Gasteiger partial charge in [-0.2, -0.15) is 0 Å². The molecule has 1 N–H and O–H groups in total. The number of nitro benzene ring substituents is 1. The molecular weight excluding hydrogens is 340 g/mol. The molecule has 0 aromatic heterocycles. The number of imide groups is 1. The van der Waals surface area contributed by atoms with Crippen LogP contribution >= 0.6 is 0 Å². The molecule has 0 radical (unpaired) electrons. The molecule has 134 valence electrons. The molecular formula is C18H16N2O6. The second kappa shape index (κ2) is 6.93.